The van der Waals surface area contributed by atoms with Gasteiger partial charge in [-0.25, -0.2) is 9.59 Å². The van der Waals surface area contributed by atoms with Gasteiger partial charge in [-0.15, -0.1) is 0 Å². The van der Waals surface area contributed by atoms with Crippen LogP contribution in [0.2, 0.25) is 0 Å². The topological polar surface area (TPSA) is 176 Å². The predicted octanol–water partition coefficient (Wildman–Crippen LogP) is 2.78. The lowest BCUT2D eigenvalue weighted by atomic mass is 9.99. The van der Waals surface area contributed by atoms with Gasteiger partial charge in [0.15, 0.2) is 6.04 Å². The number of methoxy groups -OCH3 is 1. The Bertz CT molecular complexity index is 1210. The molecular weight excluding hydrogens is 582 g/mol. The molecule has 0 radical (unpaired) electrons. The fourth-order valence-corrected chi connectivity index (χ4v) is 5.02. The lowest BCUT2D eigenvalue weighted by Crippen LogP contribution is -2.60. The summed E-state index contributed by atoms with van der Waals surface area (Å²) in [6.45, 7) is 10.8. The highest BCUT2D eigenvalue weighted by Gasteiger charge is 2.49. The molecule has 2 rings (SSSR count). The van der Waals surface area contributed by atoms with Crippen LogP contribution >= 0.6 is 0 Å². The monoisotopic (exact) mass is 629 g/mol. The summed E-state index contributed by atoms with van der Waals surface area (Å²) in [6, 6.07) is 6.77. The normalized spacial score (nSPS) is 17.5. The summed E-state index contributed by atoms with van der Waals surface area (Å²) in [5.41, 5.74) is -0.368. The minimum atomic E-state index is -1.18. The molecule has 4 atom stereocenters. The number of ether oxygens (including phenoxy) is 3. The quantitative estimate of drug-likeness (QED) is 0.246. The van der Waals surface area contributed by atoms with Crippen LogP contribution < -0.4 is 16.0 Å². The molecule has 0 saturated carbocycles. The standard InChI is InChI=1S/C32H47N5O8/c1-20(2)16-24(36-31(42)44-18-22-12-9-8-10-13-22)28(39)34-23(14-11-15-33)27(38)35-25(17-21(3)4)29(40)37-26(30(41)43-7)19-45-32(37,5)6/h8-10,12-13,20-21,23-26H,11,14,16-19H2,1-7H3,(H,34,39)(H,35,38)(H,36,42)/t23-,24-,25-,26+/m0/s1. The third-order valence-electron chi connectivity index (χ3n) is 7.22. The number of nitrogens with zero attached hydrogens (tertiary/aromatic N) is 2. The van der Waals surface area contributed by atoms with E-state index in [2.05, 4.69) is 16.0 Å². The van der Waals surface area contributed by atoms with Gasteiger partial charge in [0.05, 0.1) is 19.8 Å². The maximum Gasteiger partial charge on any atom is 0.408 e. The van der Waals surface area contributed by atoms with Crippen LogP contribution in [0, 0.1) is 23.2 Å². The largest absolute Gasteiger partial charge is 0.467 e. The number of carbonyl (C=O) groups excluding carboxylic acids is 5. The third-order valence-corrected chi connectivity index (χ3v) is 7.22. The smallest absolute Gasteiger partial charge is 0.408 e. The Morgan fingerprint density at radius 2 is 1.53 bits per heavy atom. The molecule has 3 N–H and O–H groups in total. The molecule has 4 amide bonds. The van der Waals surface area contributed by atoms with E-state index in [0.717, 1.165) is 5.56 Å². The molecule has 1 saturated heterocycles. The van der Waals surface area contributed by atoms with Gasteiger partial charge in [0, 0.05) is 6.42 Å². The van der Waals surface area contributed by atoms with E-state index >= 15 is 0 Å². The van der Waals surface area contributed by atoms with Gasteiger partial charge in [0.25, 0.3) is 0 Å². The van der Waals surface area contributed by atoms with Crippen LogP contribution in [0.4, 0.5) is 4.79 Å². The zero-order valence-electron chi connectivity index (χ0n) is 27.3. The minimum absolute atomic E-state index is 0.00314. The third kappa shape index (κ3) is 11.4. The molecule has 0 bridgehead atoms. The van der Waals surface area contributed by atoms with Crippen molar-refractivity contribution in [2.45, 2.75) is 104 Å². The second kappa shape index (κ2) is 17.3. The average molecular weight is 630 g/mol. The Kier molecular flexibility index (Phi) is 14.3. The Morgan fingerprint density at radius 3 is 2.11 bits per heavy atom. The maximum absolute atomic E-state index is 13.9. The highest BCUT2D eigenvalue weighted by atomic mass is 16.6. The summed E-state index contributed by atoms with van der Waals surface area (Å²) in [6.07, 6.45) is -0.399. The van der Waals surface area contributed by atoms with Gasteiger partial charge in [-0.05, 0) is 50.5 Å². The van der Waals surface area contributed by atoms with Crippen molar-refractivity contribution in [3.63, 3.8) is 0 Å². The molecule has 248 valence electrons. The summed E-state index contributed by atoms with van der Waals surface area (Å²) in [5.74, 6) is -2.53. The fourth-order valence-electron chi connectivity index (χ4n) is 5.02. The first kappa shape index (κ1) is 37.0. The fraction of sp³-hybridized carbons (Fsp3) is 0.625. The molecular formula is C32H47N5O8. The zero-order chi connectivity index (χ0) is 33.7. The van der Waals surface area contributed by atoms with Crippen molar-refractivity contribution in [3.8, 4) is 6.07 Å². The van der Waals surface area contributed by atoms with Crippen molar-refractivity contribution < 1.29 is 38.2 Å². The molecule has 1 fully saturated rings. The molecule has 1 heterocycles. The molecule has 45 heavy (non-hydrogen) atoms. The van der Waals surface area contributed by atoms with E-state index in [1.54, 1.807) is 26.0 Å². The molecule has 0 aromatic heterocycles. The number of rotatable bonds is 15. The maximum atomic E-state index is 13.9. The second-order valence-corrected chi connectivity index (χ2v) is 12.3. The van der Waals surface area contributed by atoms with E-state index in [1.807, 2.05) is 52.0 Å². The summed E-state index contributed by atoms with van der Waals surface area (Å²) in [7, 11) is 1.22. The van der Waals surface area contributed by atoms with Crippen LogP contribution in [-0.2, 0) is 40.0 Å². The summed E-state index contributed by atoms with van der Waals surface area (Å²) >= 11 is 0. The SMILES string of the molecule is COC(=O)[C@H]1COC(C)(C)N1C(=O)[C@H](CC(C)C)NC(=O)[C@H](CCC#N)NC(=O)[C@H](CC(C)C)NC(=O)OCc1ccccc1. The van der Waals surface area contributed by atoms with E-state index in [9.17, 15) is 29.2 Å². The zero-order valence-corrected chi connectivity index (χ0v) is 27.3. The summed E-state index contributed by atoms with van der Waals surface area (Å²) < 4.78 is 15.9. The van der Waals surface area contributed by atoms with Crippen LogP contribution in [-0.4, -0.2) is 78.3 Å². The first-order valence-electron chi connectivity index (χ1n) is 15.2. The number of nitriles is 1. The minimum Gasteiger partial charge on any atom is -0.467 e. The molecule has 1 aromatic carbocycles. The lowest BCUT2D eigenvalue weighted by Gasteiger charge is -2.36. The molecule has 1 aliphatic rings. The van der Waals surface area contributed by atoms with Gasteiger partial charge in [-0.3, -0.25) is 19.3 Å². The van der Waals surface area contributed by atoms with E-state index in [4.69, 9.17) is 14.2 Å². The van der Waals surface area contributed by atoms with Crippen molar-refractivity contribution >= 4 is 29.8 Å². The lowest BCUT2D eigenvalue weighted by molar-refractivity contribution is -0.159. The highest BCUT2D eigenvalue weighted by Crippen LogP contribution is 2.29. The van der Waals surface area contributed by atoms with Crippen molar-refractivity contribution in [1.29, 1.82) is 5.26 Å². The van der Waals surface area contributed by atoms with E-state index < -0.39 is 59.7 Å². The summed E-state index contributed by atoms with van der Waals surface area (Å²) in [4.78, 5) is 67.2. The van der Waals surface area contributed by atoms with Gasteiger partial charge in [0.1, 0.15) is 30.5 Å². The van der Waals surface area contributed by atoms with Gasteiger partial charge in [-0.2, -0.15) is 5.26 Å². The van der Waals surface area contributed by atoms with Crippen molar-refractivity contribution in [1.82, 2.24) is 20.9 Å². The second-order valence-electron chi connectivity index (χ2n) is 12.3. The van der Waals surface area contributed by atoms with Crippen molar-refractivity contribution in [2.24, 2.45) is 11.8 Å². The molecule has 1 aromatic rings. The van der Waals surface area contributed by atoms with Gasteiger partial charge >= 0.3 is 12.1 Å². The molecule has 1 aliphatic heterocycles. The number of hydrogen-bond donors (Lipinski definition) is 3. The first-order chi connectivity index (χ1) is 21.2. The van der Waals surface area contributed by atoms with E-state index in [1.165, 1.54) is 12.0 Å². The average Bonchev–Trinajstić information content (AvgIpc) is 3.31. The molecule has 0 aliphatic carbocycles. The molecule has 0 spiro atoms. The van der Waals surface area contributed by atoms with Crippen LogP contribution in [0.25, 0.3) is 0 Å². The number of benzene rings is 1. The predicted molar refractivity (Wildman–Crippen MR) is 164 cm³/mol. The van der Waals surface area contributed by atoms with Gasteiger partial charge < -0.3 is 30.2 Å². The Balaban J connectivity index is 2.22. The van der Waals surface area contributed by atoms with E-state index in [0.29, 0.717) is 0 Å². The number of carbonyl (C=O) groups is 5. The van der Waals surface area contributed by atoms with Crippen LogP contribution in [0.1, 0.15) is 72.8 Å². The van der Waals surface area contributed by atoms with Crippen LogP contribution in [0.15, 0.2) is 30.3 Å². The molecule has 13 nitrogen and oxygen atoms in total. The Labute approximate surface area is 265 Å². The number of alkyl carbamates (subject to hydrolysis) is 1. The molecule has 13 heteroatoms. The van der Waals surface area contributed by atoms with Gasteiger partial charge in [-0.1, -0.05) is 58.0 Å². The summed E-state index contributed by atoms with van der Waals surface area (Å²) in [5, 5.41) is 17.2. The van der Waals surface area contributed by atoms with Gasteiger partial charge in [0.2, 0.25) is 17.7 Å². The molecule has 0 unspecified atom stereocenters. The Morgan fingerprint density at radius 1 is 0.956 bits per heavy atom. The number of hydrogen-bond acceptors (Lipinski definition) is 9. The highest BCUT2D eigenvalue weighted by molar-refractivity contribution is 5.95. The number of nitrogens with one attached hydrogen (secondary N) is 3. The van der Waals surface area contributed by atoms with Crippen molar-refractivity contribution in [3.05, 3.63) is 35.9 Å². The Hall–Kier alpha value is -4.18. The number of amides is 4. The van der Waals surface area contributed by atoms with Crippen LogP contribution in [0.3, 0.4) is 0 Å². The van der Waals surface area contributed by atoms with Crippen LogP contribution in [0.5, 0.6) is 0 Å². The van der Waals surface area contributed by atoms with Crippen molar-refractivity contribution in [2.75, 3.05) is 13.7 Å². The number of esters is 1. The first-order valence-corrected chi connectivity index (χ1v) is 15.2. The van der Waals surface area contributed by atoms with E-state index in [-0.39, 0.29) is 50.7 Å².